The number of imidazole rings is 1. The van der Waals surface area contributed by atoms with E-state index in [4.69, 9.17) is 12.2 Å². The number of aryl methyl sites for hydroxylation is 1. The van der Waals surface area contributed by atoms with Crippen molar-refractivity contribution in [3.63, 3.8) is 0 Å². The van der Waals surface area contributed by atoms with Gasteiger partial charge in [0.15, 0.2) is 11.6 Å². The summed E-state index contributed by atoms with van der Waals surface area (Å²) >= 11 is 0. The second-order valence-electron chi connectivity index (χ2n) is 4.03. The summed E-state index contributed by atoms with van der Waals surface area (Å²) in [6.45, 7) is 2.22. The molecular formula is C14H13F2N3. The van der Waals surface area contributed by atoms with E-state index in [9.17, 15) is 8.78 Å². The van der Waals surface area contributed by atoms with E-state index >= 15 is 0 Å². The van der Waals surface area contributed by atoms with Gasteiger partial charge in [-0.05, 0) is 18.2 Å². The van der Waals surface area contributed by atoms with E-state index in [1.165, 1.54) is 6.07 Å². The molecule has 0 aliphatic heterocycles. The summed E-state index contributed by atoms with van der Waals surface area (Å²) in [4.78, 5) is 4.34. The van der Waals surface area contributed by atoms with Crippen LogP contribution in [0.25, 0.3) is 11.3 Å². The van der Waals surface area contributed by atoms with Crippen LogP contribution in [-0.2, 0) is 13.0 Å². The predicted molar refractivity (Wildman–Crippen MR) is 70.2 cm³/mol. The fourth-order valence-corrected chi connectivity index (χ4v) is 1.91. The lowest BCUT2D eigenvalue weighted by molar-refractivity contribution is 0.509. The van der Waals surface area contributed by atoms with Crippen LogP contribution in [0.1, 0.15) is 12.7 Å². The molecule has 0 aliphatic rings. The fraction of sp³-hybridized carbons (Fsp3) is 0.214. The van der Waals surface area contributed by atoms with Gasteiger partial charge in [0, 0.05) is 12.0 Å². The summed E-state index contributed by atoms with van der Waals surface area (Å²) in [5.41, 5.74) is 6.83. The number of benzene rings is 1. The van der Waals surface area contributed by atoms with Gasteiger partial charge in [-0.1, -0.05) is 12.8 Å². The standard InChI is InChI=1S/C14H13F2N3/c1-3-7-19-12(4-2)18-13(14(19)17)9-5-6-10(15)11(16)8-9/h1,5-6,8H,4,7,17H2,2H3. The van der Waals surface area contributed by atoms with Crippen LogP contribution in [0, 0.1) is 24.0 Å². The van der Waals surface area contributed by atoms with Crippen LogP contribution < -0.4 is 5.73 Å². The molecule has 1 heterocycles. The van der Waals surface area contributed by atoms with Crippen LogP contribution in [0.3, 0.4) is 0 Å². The monoisotopic (exact) mass is 261 g/mol. The second kappa shape index (κ2) is 5.11. The van der Waals surface area contributed by atoms with Crippen LogP contribution in [0.15, 0.2) is 18.2 Å². The van der Waals surface area contributed by atoms with Gasteiger partial charge in [-0.2, -0.15) is 0 Å². The Hall–Kier alpha value is -2.35. The molecular weight excluding hydrogens is 248 g/mol. The summed E-state index contributed by atoms with van der Waals surface area (Å²) < 4.78 is 27.9. The van der Waals surface area contributed by atoms with Crippen molar-refractivity contribution >= 4 is 5.82 Å². The van der Waals surface area contributed by atoms with Gasteiger partial charge in [0.25, 0.3) is 0 Å². The van der Waals surface area contributed by atoms with E-state index in [0.29, 0.717) is 30.0 Å². The number of hydrogen-bond acceptors (Lipinski definition) is 2. The SMILES string of the molecule is C#CCn1c(CC)nc(-c2ccc(F)c(F)c2)c1N. The van der Waals surface area contributed by atoms with Crippen molar-refractivity contribution in [2.75, 3.05) is 5.73 Å². The van der Waals surface area contributed by atoms with Crippen molar-refractivity contribution in [3.8, 4) is 23.6 Å². The molecule has 98 valence electrons. The van der Waals surface area contributed by atoms with Crippen LogP contribution in [-0.4, -0.2) is 9.55 Å². The molecule has 0 saturated heterocycles. The zero-order chi connectivity index (χ0) is 14.0. The molecule has 1 aromatic carbocycles. The van der Waals surface area contributed by atoms with E-state index in [0.717, 1.165) is 18.0 Å². The van der Waals surface area contributed by atoms with E-state index < -0.39 is 11.6 Å². The smallest absolute Gasteiger partial charge is 0.159 e. The molecule has 0 bridgehead atoms. The highest BCUT2D eigenvalue weighted by molar-refractivity contribution is 5.71. The summed E-state index contributed by atoms with van der Waals surface area (Å²) in [6, 6.07) is 3.57. The molecule has 2 N–H and O–H groups in total. The van der Waals surface area contributed by atoms with Crippen LogP contribution in [0.4, 0.5) is 14.6 Å². The third kappa shape index (κ3) is 2.29. The maximum Gasteiger partial charge on any atom is 0.159 e. The van der Waals surface area contributed by atoms with Gasteiger partial charge in [0.05, 0.1) is 6.54 Å². The number of nitrogen functional groups attached to an aromatic ring is 1. The molecule has 0 spiro atoms. The van der Waals surface area contributed by atoms with Crippen molar-refractivity contribution < 1.29 is 8.78 Å². The summed E-state index contributed by atoms with van der Waals surface area (Å²) in [5.74, 6) is 1.74. The van der Waals surface area contributed by atoms with Gasteiger partial charge in [0.2, 0.25) is 0 Å². The molecule has 0 radical (unpaired) electrons. The number of nitrogens with two attached hydrogens (primary N) is 1. The number of rotatable bonds is 3. The topological polar surface area (TPSA) is 43.8 Å². The molecule has 1 aromatic heterocycles. The largest absolute Gasteiger partial charge is 0.383 e. The first-order chi connectivity index (χ1) is 9.08. The van der Waals surface area contributed by atoms with Crippen molar-refractivity contribution in [2.24, 2.45) is 0 Å². The van der Waals surface area contributed by atoms with Crippen molar-refractivity contribution in [1.82, 2.24) is 9.55 Å². The van der Waals surface area contributed by atoms with Gasteiger partial charge < -0.3 is 10.3 Å². The summed E-state index contributed by atoms with van der Waals surface area (Å²) in [7, 11) is 0. The van der Waals surface area contributed by atoms with Crippen molar-refractivity contribution in [3.05, 3.63) is 35.7 Å². The van der Waals surface area contributed by atoms with E-state index in [1.807, 2.05) is 6.92 Å². The summed E-state index contributed by atoms with van der Waals surface area (Å²) in [6.07, 6.45) is 5.93. The number of nitrogens with zero attached hydrogens (tertiary/aromatic N) is 2. The molecule has 0 aliphatic carbocycles. The Morgan fingerprint density at radius 3 is 2.68 bits per heavy atom. The number of anilines is 1. The third-order valence-electron chi connectivity index (χ3n) is 2.84. The molecule has 2 aromatic rings. The van der Waals surface area contributed by atoms with Crippen LogP contribution >= 0.6 is 0 Å². The lowest BCUT2D eigenvalue weighted by Gasteiger charge is -2.04. The molecule has 5 heteroatoms. The van der Waals surface area contributed by atoms with Crippen LogP contribution in [0.2, 0.25) is 0 Å². The molecule has 2 rings (SSSR count). The minimum Gasteiger partial charge on any atom is -0.383 e. The quantitative estimate of drug-likeness (QED) is 0.863. The molecule has 3 nitrogen and oxygen atoms in total. The highest BCUT2D eigenvalue weighted by atomic mass is 19.2. The normalized spacial score (nSPS) is 10.4. The molecule has 0 atom stereocenters. The minimum atomic E-state index is -0.929. The van der Waals surface area contributed by atoms with Gasteiger partial charge >= 0.3 is 0 Å². The Morgan fingerprint density at radius 2 is 2.11 bits per heavy atom. The highest BCUT2D eigenvalue weighted by Crippen LogP contribution is 2.27. The van der Waals surface area contributed by atoms with Gasteiger partial charge in [-0.15, -0.1) is 6.42 Å². The number of aromatic nitrogens is 2. The van der Waals surface area contributed by atoms with Crippen molar-refractivity contribution in [2.45, 2.75) is 19.9 Å². The molecule has 0 fully saturated rings. The Kier molecular flexibility index (Phi) is 3.52. The lowest BCUT2D eigenvalue weighted by atomic mass is 10.1. The van der Waals surface area contributed by atoms with E-state index in [2.05, 4.69) is 10.9 Å². The first-order valence-electron chi connectivity index (χ1n) is 5.82. The van der Waals surface area contributed by atoms with Crippen LogP contribution in [0.5, 0.6) is 0 Å². The molecule has 19 heavy (non-hydrogen) atoms. The maximum atomic E-state index is 13.3. The average Bonchev–Trinajstić information content (AvgIpc) is 2.71. The van der Waals surface area contributed by atoms with Gasteiger partial charge in [-0.3, -0.25) is 0 Å². The van der Waals surface area contributed by atoms with Gasteiger partial charge in [0.1, 0.15) is 17.3 Å². The average molecular weight is 261 g/mol. The Labute approximate surface area is 110 Å². The first kappa shape index (κ1) is 13.1. The second-order valence-corrected chi connectivity index (χ2v) is 4.03. The minimum absolute atomic E-state index is 0.297. The number of hydrogen-bond donors (Lipinski definition) is 1. The van der Waals surface area contributed by atoms with Gasteiger partial charge in [-0.25, -0.2) is 13.8 Å². The zero-order valence-corrected chi connectivity index (χ0v) is 10.5. The first-order valence-corrected chi connectivity index (χ1v) is 5.82. The Balaban J connectivity index is 2.56. The van der Waals surface area contributed by atoms with E-state index in [-0.39, 0.29) is 0 Å². The third-order valence-corrected chi connectivity index (χ3v) is 2.84. The van der Waals surface area contributed by atoms with Crippen molar-refractivity contribution in [1.29, 1.82) is 0 Å². The van der Waals surface area contributed by atoms with E-state index in [1.54, 1.807) is 4.57 Å². The number of halogens is 2. The fourth-order valence-electron chi connectivity index (χ4n) is 1.91. The highest BCUT2D eigenvalue weighted by Gasteiger charge is 2.15. The Bertz CT molecular complexity index is 653. The summed E-state index contributed by atoms with van der Waals surface area (Å²) in [5, 5.41) is 0. The zero-order valence-electron chi connectivity index (χ0n) is 10.5. The molecule has 0 unspecified atom stereocenters. The lowest BCUT2D eigenvalue weighted by Crippen LogP contribution is -2.05. The Morgan fingerprint density at radius 1 is 1.37 bits per heavy atom. The maximum absolute atomic E-state index is 13.3. The molecule has 0 amide bonds. The number of terminal acetylenes is 1. The molecule has 0 saturated carbocycles. The predicted octanol–water partition coefficient (Wildman–Crippen LogP) is 2.61.